The molecule has 0 saturated carbocycles. The third kappa shape index (κ3) is 3.40. The van der Waals surface area contributed by atoms with Gasteiger partial charge >= 0.3 is 0 Å². The van der Waals surface area contributed by atoms with Crippen molar-refractivity contribution >= 4 is 11.7 Å². The van der Waals surface area contributed by atoms with Gasteiger partial charge in [-0.05, 0) is 44.5 Å². The summed E-state index contributed by atoms with van der Waals surface area (Å²) in [6.07, 6.45) is 2.36. The Hall–Kier alpha value is -1.69. The molecule has 1 fully saturated rings. The number of rotatable bonds is 3. The maximum atomic E-state index is 11.8. The molecule has 1 aromatic rings. The summed E-state index contributed by atoms with van der Waals surface area (Å²) in [5, 5.41) is 10.3. The van der Waals surface area contributed by atoms with E-state index in [-0.39, 0.29) is 5.91 Å². The number of likely N-dealkylation sites (tertiary alicyclic amines) is 1. The second kappa shape index (κ2) is 5.77. The Kier molecular flexibility index (Phi) is 4.09. The van der Waals surface area contributed by atoms with Gasteiger partial charge in [0.2, 0.25) is 0 Å². The minimum atomic E-state index is -0.185. The van der Waals surface area contributed by atoms with E-state index in [1.54, 1.807) is 12.1 Å². The van der Waals surface area contributed by atoms with E-state index in [0.717, 1.165) is 19.5 Å². The second-order valence-electron chi connectivity index (χ2n) is 4.82. The summed E-state index contributed by atoms with van der Waals surface area (Å²) in [7, 11) is 2.11. The molecule has 0 radical (unpaired) electrons. The van der Waals surface area contributed by atoms with Crippen molar-refractivity contribution in [2.75, 3.05) is 32.4 Å². The average molecular weight is 249 g/mol. The number of carbonyl (C=O) groups excluding carboxylic acids is 1. The summed E-state index contributed by atoms with van der Waals surface area (Å²) in [6.45, 7) is 2.87. The number of nitrogens with zero attached hydrogens (tertiary/aromatic N) is 3. The van der Waals surface area contributed by atoms with E-state index in [1.807, 2.05) is 0 Å². The van der Waals surface area contributed by atoms with E-state index < -0.39 is 0 Å². The Morgan fingerprint density at radius 1 is 1.56 bits per heavy atom. The number of nitrogens with one attached hydrogen (secondary N) is 1. The van der Waals surface area contributed by atoms with Crippen LogP contribution in [0.4, 0.5) is 5.82 Å². The van der Waals surface area contributed by atoms with E-state index in [0.29, 0.717) is 24.0 Å². The Labute approximate surface area is 107 Å². The Balaban J connectivity index is 1.82. The van der Waals surface area contributed by atoms with Crippen LogP contribution in [0.5, 0.6) is 0 Å². The predicted molar refractivity (Wildman–Crippen MR) is 69.0 cm³/mol. The summed E-state index contributed by atoms with van der Waals surface area (Å²) in [5.74, 6) is 0.658. The normalized spacial score (nSPS) is 20.6. The lowest BCUT2D eigenvalue weighted by Crippen LogP contribution is -2.39. The van der Waals surface area contributed by atoms with Gasteiger partial charge in [0.05, 0.1) is 0 Å². The second-order valence-corrected chi connectivity index (χ2v) is 4.82. The summed E-state index contributed by atoms with van der Waals surface area (Å²) in [4.78, 5) is 14.1. The first-order valence-corrected chi connectivity index (χ1v) is 6.21. The number of nitrogen functional groups attached to an aromatic ring is 1. The van der Waals surface area contributed by atoms with Crippen LogP contribution >= 0.6 is 0 Å². The van der Waals surface area contributed by atoms with Crippen molar-refractivity contribution in [1.29, 1.82) is 0 Å². The van der Waals surface area contributed by atoms with Crippen molar-refractivity contribution in [1.82, 2.24) is 20.4 Å². The van der Waals surface area contributed by atoms with Gasteiger partial charge in [0.25, 0.3) is 5.91 Å². The predicted octanol–water partition coefficient (Wildman–Crippen LogP) is 0.130. The van der Waals surface area contributed by atoms with Gasteiger partial charge < -0.3 is 16.0 Å². The number of aromatic nitrogens is 2. The SMILES string of the molecule is CN1CCCC(CNC(=O)c2ccc(N)nn2)C1. The standard InChI is InChI=1S/C12H19N5O/c1-17-6-2-3-9(8-17)7-14-12(18)10-4-5-11(13)16-15-10/h4-5,9H,2-3,6-8H2,1H3,(H2,13,16)(H,14,18). The fourth-order valence-corrected chi connectivity index (χ4v) is 2.23. The Bertz CT molecular complexity index is 405. The third-order valence-electron chi connectivity index (χ3n) is 3.19. The van der Waals surface area contributed by atoms with Crippen LogP contribution in [-0.4, -0.2) is 47.7 Å². The molecule has 2 rings (SSSR count). The third-order valence-corrected chi connectivity index (χ3v) is 3.19. The van der Waals surface area contributed by atoms with E-state index >= 15 is 0 Å². The number of hydrogen-bond acceptors (Lipinski definition) is 5. The molecule has 1 aliphatic rings. The molecule has 6 nitrogen and oxygen atoms in total. The minimum absolute atomic E-state index is 0.185. The molecular formula is C12H19N5O. The number of amides is 1. The fourth-order valence-electron chi connectivity index (χ4n) is 2.23. The van der Waals surface area contributed by atoms with Crippen LogP contribution < -0.4 is 11.1 Å². The van der Waals surface area contributed by atoms with Gasteiger partial charge in [-0.3, -0.25) is 4.79 Å². The van der Waals surface area contributed by atoms with Gasteiger partial charge in [-0.25, -0.2) is 0 Å². The molecule has 1 saturated heterocycles. The lowest BCUT2D eigenvalue weighted by Gasteiger charge is -2.29. The van der Waals surface area contributed by atoms with Gasteiger partial charge in [0.15, 0.2) is 5.69 Å². The quantitative estimate of drug-likeness (QED) is 0.795. The van der Waals surface area contributed by atoms with Crippen molar-refractivity contribution in [3.8, 4) is 0 Å². The molecule has 3 N–H and O–H groups in total. The zero-order valence-electron chi connectivity index (χ0n) is 10.6. The van der Waals surface area contributed by atoms with Gasteiger partial charge in [-0.1, -0.05) is 0 Å². The highest BCUT2D eigenvalue weighted by Gasteiger charge is 2.18. The number of piperidine rings is 1. The molecule has 6 heteroatoms. The fraction of sp³-hybridized carbons (Fsp3) is 0.583. The van der Waals surface area contributed by atoms with Gasteiger partial charge in [0.1, 0.15) is 5.82 Å². The van der Waals surface area contributed by atoms with E-state index in [9.17, 15) is 4.79 Å². The first-order valence-electron chi connectivity index (χ1n) is 6.21. The first kappa shape index (κ1) is 12.8. The molecule has 1 atom stereocenters. The molecule has 1 unspecified atom stereocenters. The summed E-state index contributed by atoms with van der Waals surface area (Å²) < 4.78 is 0. The van der Waals surface area contributed by atoms with Crippen LogP contribution in [0.25, 0.3) is 0 Å². The van der Waals surface area contributed by atoms with E-state index in [2.05, 4.69) is 27.5 Å². The minimum Gasteiger partial charge on any atom is -0.382 e. The van der Waals surface area contributed by atoms with Crippen molar-refractivity contribution in [2.24, 2.45) is 5.92 Å². The largest absolute Gasteiger partial charge is 0.382 e. The Morgan fingerprint density at radius 2 is 2.39 bits per heavy atom. The summed E-state index contributed by atoms with van der Waals surface area (Å²) >= 11 is 0. The molecule has 2 heterocycles. The molecule has 0 aliphatic carbocycles. The smallest absolute Gasteiger partial charge is 0.271 e. The van der Waals surface area contributed by atoms with Gasteiger partial charge in [-0.15, -0.1) is 10.2 Å². The van der Waals surface area contributed by atoms with Crippen LogP contribution in [0.2, 0.25) is 0 Å². The van der Waals surface area contributed by atoms with Crippen LogP contribution in [0.1, 0.15) is 23.3 Å². The van der Waals surface area contributed by atoms with Crippen molar-refractivity contribution in [3.05, 3.63) is 17.8 Å². The van der Waals surface area contributed by atoms with E-state index in [4.69, 9.17) is 5.73 Å². The van der Waals surface area contributed by atoms with Gasteiger partial charge in [-0.2, -0.15) is 0 Å². The van der Waals surface area contributed by atoms with Gasteiger partial charge in [0, 0.05) is 13.1 Å². The zero-order valence-corrected chi connectivity index (χ0v) is 10.6. The van der Waals surface area contributed by atoms with Crippen molar-refractivity contribution in [2.45, 2.75) is 12.8 Å². The number of hydrogen-bond donors (Lipinski definition) is 2. The average Bonchev–Trinajstić information content (AvgIpc) is 2.37. The van der Waals surface area contributed by atoms with Crippen LogP contribution in [0, 0.1) is 5.92 Å². The van der Waals surface area contributed by atoms with Crippen LogP contribution in [-0.2, 0) is 0 Å². The van der Waals surface area contributed by atoms with Crippen LogP contribution in [0.15, 0.2) is 12.1 Å². The maximum Gasteiger partial charge on any atom is 0.271 e. The summed E-state index contributed by atoms with van der Waals surface area (Å²) in [6, 6.07) is 3.17. The van der Waals surface area contributed by atoms with Crippen molar-refractivity contribution in [3.63, 3.8) is 0 Å². The van der Waals surface area contributed by atoms with Crippen LogP contribution in [0.3, 0.4) is 0 Å². The highest BCUT2D eigenvalue weighted by Crippen LogP contribution is 2.13. The maximum absolute atomic E-state index is 11.8. The van der Waals surface area contributed by atoms with E-state index in [1.165, 1.54) is 6.42 Å². The Morgan fingerprint density at radius 3 is 3.06 bits per heavy atom. The molecule has 98 valence electrons. The topological polar surface area (TPSA) is 84.1 Å². The molecule has 1 amide bonds. The summed E-state index contributed by atoms with van der Waals surface area (Å²) in [5.41, 5.74) is 5.74. The number of carbonyl (C=O) groups is 1. The number of anilines is 1. The number of nitrogens with two attached hydrogens (primary N) is 1. The zero-order chi connectivity index (χ0) is 13.0. The first-order chi connectivity index (χ1) is 8.65. The highest BCUT2D eigenvalue weighted by atomic mass is 16.1. The molecule has 18 heavy (non-hydrogen) atoms. The molecule has 1 aromatic heterocycles. The monoisotopic (exact) mass is 249 g/mol. The molecule has 0 spiro atoms. The molecule has 0 bridgehead atoms. The lowest BCUT2D eigenvalue weighted by molar-refractivity contribution is 0.0931. The highest BCUT2D eigenvalue weighted by molar-refractivity contribution is 5.92. The molecule has 0 aromatic carbocycles. The molecular weight excluding hydrogens is 230 g/mol. The van der Waals surface area contributed by atoms with Crippen molar-refractivity contribution < 1.29 is 4.79 Å². The molecule has 1 aliphatic heterocycles. The lowest BCUT2D eigenvalue weighted by atomic mass is 9.98.